The summed E-state index contributed by atoms with van der Waals surface area (Å²) in [5, 5.41) is 3.38. The lowest BCUT2D eigenvalue weighted by Crippen LogP contribution is -2.43. The van der Waals surface area contributed by atoms with Crippen LogP contribution >= 0.6 is 0 Å². The second-order valence-corrected chi connectivity index (χ2v) is 6.49. The summed E-state index contributed by atoms with van der Waals surface area (Å²) in [7, 11) is 0. The molecule has 0 spiro atoms. The summed E-state index contributed by atoms with van der Waals surface area (Å²) in [6, 6.07) is 0. The average molecular weight is 296 g/mol. The first-order valence-electron chi connectivity index (χ1n) is 9.29. The van der Waals surface area contributed by atoms with E-state index in [9.17, 15) is 4.79 Å². The lowest BCUT2D eigenvalue weighted by Gasteiger charge is -2.30. The number of amides is 1. The molecule has 0 saturated carbocycles. The Morgan fingerprint density at radius 2 is 1.62 bits per heavy atom. The van der Waals surface area contributed by atoms with Crippen LogP contribution in [0.4, 0.5) is 0 Å². The minimum atomic E-state index is 0.233. The van der Waals surface area contributed by atoms with Gasteiger partial charge in [0.15, 0.2) is 0 Å². The molecule has 124 valence electrons. The minimum absolute atomic E-state index is 0.233. The number of nitrogens with zero attached hydrogens (tertiary/aromatic N) is 1. The fourth-order valence-electron chi connectivity index (χ4n) is 3.11. The first-order valence-corrected chi connectivity index (χ1v) is 9.29. The van der Waals surface area contributed by atoms with Gasteiger partial charge in [0.05, 0.1) is 5.92 Å². The molecule has 3 nitrogen and oxygen atoms in total. The van der Waals surface area contributed by atoms with E-state index in [1.807, 2.05) is 0 Å². The molecular weight excluding hydrogens is 260 g/mol. The number of carbonyl (C=O) groups excluding carboxylic acids is 1. The first-order chi connectivity index (χ1) is 10.3. The van der Waals surface area contributed by atoms with Crippen molar-refractivity contribution in [3.8, 4) is 0 Å². The van der Waals surface area contributed by atoms with Crippen LogP contribution in [0.1, 0.15) is 78.1 Å². The van der Waals surface area contributed by atoms with Gasteiger partial charge in [-0.25, -0.2) is 0 Å². The quantitative estimate of drug-likeness (QED) is 0.585. The van der Waals surface area contributed by atoms with Crippen molar-refractivity contribution in [2.75, 3.05) is 26.2 Å². The zero-order valence-electron chi connectivity index (χ0n) is 14.3. The highest BCUT2D eigenvalue weighted by Gasteiger charge is 2.25. The Morgan fingerprint density at radius 3 is 2.10 bits per heavy atom. The Morgan fingerprint density at radius 1 is 1.00 bits per heavy atom. The van der Waals surface area contributed by atoms with Gasteiger partial charge in [-0.15, -0.1) is 0 Å². The second-order valence-electron chi connectivity index (χ2n) is 6.49. The lowest BCUT2D eigenvalue weighted by atomic mass is 9.97. The van der Waals surface area contributed by atoms with Crippen molar-refractivity contribution in [3.05, 3.63) is 0 Å². The molecule has 0 aromatic heterocycles. The van der Waals surface area contributed by atoms with Crippen LogP contribution in [-0.2, 0) is 4.79 Å². The van der Waals surface area contributed by atoms with Crippen molar-refractivity contribution in [2.24, 2.45) is 5.92 Å². The van der Waals surface area contributed by atoms with Crippen LogP contribution < -0.4 is 5.32 Å². The summed E-state index contributed by atoms with van der Waals surface area (Å²) >= 11 is 0. The maximum Gasteiger partial charge on any atom is 0.226 e. The van der Waals surface area contributed by atoms with Crippen molar-refractivity contribution in [2.45, 2.75) is 78.1 Å². The van der Waals surface area contributed by atoms with E-state index < -0.39 is 0 Å². The van der Waals surface area contributed by atoms with Gasteiger partial charge in [0.1, 0.15) is 0 Å². The van der Waals surface area contributed by atoms with Gasteiger partial charge in [0.2, 0.25) is 5.91 Å². The number of carbonyl (C=O) groups is 1. The molecule has 1 atom stereocenters. The average Bonchev–Trinajstić information content (AvgIpc) is 2.53. The Balaban J connectivity index is 2.38. The van der Waals surface area contributed by atoms with Crippen LogP contribution in [0, 0.1) is 5.92 Å². The van der Waals surface area contributed by atoms with Crippen LogP contribution in [0.3, 0.4) is 0 Å². The van der Waals surface area contributed by atoms with Gasteiger partial charge in [0, 0.05) is 19.6 Å². The second kappa shape index (κ2) is 12.0. The van der Waals surface area contributed by atoms with Crippen molar-refractivity contribution < 1.29 is 4.79 Å². The van der Waals surface area contributed by atoms with Crippen LogP contribution in [-0.4, -0.2) is 37.0 Å². The number of nitrogens with one attached hydrogen (secondary N) is 1. The number of hydrogen-bond donors (Lipinski definition) is 1. The summed E-state index contributed by atoms with van der Waals surface area (Å²) in [5.74, 6) is 0.645. The predicted molar refractivity (Wildman–Crippen MR) is 90.5 cm³/mol. The molecule has 21 heavy (non-hydrogen) atoms. The van der Waals surface area contributed by atoms with E-state index in [1.54, 1.807) is 0 Å². The highest BCUT2D eigenvalue weighted by molar-refractivity contribution is 5.79. The molecule has 1 amide bonds. The molecule has 1 heterocycles. The van der Waals surface area contributed by atoms with Crippen LogP contribution in [0.5, 0.6) is 0 Å². The fourth-order valence-corrected chi connectivity index (χ4v) is 3.11. The molecule has 1 aliphatic heterocycles. The molecular formula is C18H36N2O. The zero-order valence-corrected chi connectivity index (χ0v) is 14.3. The normalized spacial score (nSPS) is 18.7. The standard InChI is InChI=1S/C18H36N2O/c1-3-5-7-9-14-20(15-10-8-6-4-2)18(21)17-12-11-13-19-16-17/h17,19H,3-16H2,1-2H3/t17-/m0/s1. The first kappa shape index (κ1) is 18.5. The van der Waals surface area contributed by atoms with Crippen LogP contribution in [0.15, 0.2) is 0 Å². The van der Waals surface area contributed by atoms with Gasteiger partial charge in [-0.05, 0) is 32.2 Å². The molecule has 0 bridgehead atoms. The molecule has 0 aromatic carbocycles. The molecule has 0 aromatic rings. The van der Waals surface area contributed by atoms with Crippen LogP contribution in [0.25, 0.3) is 0 Å². The van der Waals surface area contributed by atoms with Gasteiger partial charge in [-0.2, -0.15) is 0 Å². The SMILES string of the molecule is CCCCCCN(CCCCCC)C(=O)[C@H]1CCCNC1. The Kier molecular flexibility index (Phi) is 10.6. The molecule has 1 N–H and O–H groups in total. The lowest BCUT2D eigenvalue weighted by molar-refractivity contribution is -0.136. The van der Waals surface area contributed by atoms with Gasteiger partial charge in [0.25, 0.3) is 0 Å². The molecule has 0 radical (unpaired) electrons. The number of rotatable bonds is 11. The van der Waals surface area contributed by atoms with Gasteiger partial charge in [-0.3, -0.25) is 4.79 Å². The monoisotopic (exact) mass is 296 g/mol. The fraction of sp³-hybridized carbons (Fsp3) is 0.944. The smallest absolute Gasteiger partial charge is 0.226 e. The maximum absolute atomic E-state index is 12.7. The van der Waals surface area contributed by atoms with E-state index in [-0.39, 0.29) is 5.92 Å². The molecule has 0 unspecified atom stereocenters. The highest BCUT2D eigenvalue weighted by atomic mass is 16.2. The summed E-state index contributed by atoms with van der Waals surface area (Å²) in [6.07, 6.45) is 12.2. The minimum Gasteiger partial charge on any atom is -0.342 e. The van der Waals surface area contributed by atoms with E-state index in [0.717, 1.165) is 39.0 Å². The molecule has 0 aliphatic carbocycles. The summed E-state index contributed by atoms with van der Waals surface area (Å²) in [4.78, 5) is 14.9. The Labute approximate surface area is 131 Å². The van der Waals surface area contributed by atoms with Crippen molar-refractivity contribution >= 4 is 5.91 Å². The predicted octanol–water partition coefficient (Wildman–Crippen LogP) is 3.98. The topological polar surface area (TPSA) is 32.3 Å². The van der Waals surface area contributed by atoms with Crippen molar-refractivity contribution in [3.63, 3.8) is 0 Å². The third-order valence-corrected chi connectivity index (χ3v) is 4.52. The third kappa shape index (κ3) is 7.85. The van der Waals surface area contributed by atoms with Gasteiger partial charge < -0.3 is 10.2 Å². The maximum atomic E-state index is 12.7. The molecule has 1 aliphatic rings. The Hall–Kier alpha value is -0.570. The highest BCUT2D eigenvalue weighted by Crippen LogP contribution is 2.15. The van der Waals surface area contributed by atoms with Crippen LogP contribution in [0.2, 0.25) is 0 Å². The third-order valence-electron chi connectivity index (χ3n) is 4.52. The largest absolute Gasteiger partial charge is 0.342 e. The zero-order chi connectivity index (χ0) is 15.3. The molecule has 1 rings (SSSR count). The molecule has 1 fully saturated rings. The summed E-state index contributed by atoms with van der Waals surface area (Å²) in [6.45, 7) is 8.39. The molecule has 3 heteroatoms. The van der Waals surface area contributed by atoms with E-state index in [2.05, 4.69) is 24.1 Å². The summed E-state index contributed by atoms with van der Waals surface area (Å²) < 4.78 is 0. The molecule has 1 saturated heterocycles. The van der Waals surface area contributed by atoms with Crippen molar-refractivity contribution in [1.29, 1.82) is 0 Å². The van der Waals surface area contributed by atoms with Gasteiger partial charge in [-0.1, -0.05) is 52.4 Å². The van der Waals surface area contributed by atoms with E-state index in [4.69, 9.17) is 0 Å². The van der Waals surface area contributed by atoms with E-state index in [0.29, 0.717) is 5.91 Å². The van der Waals surface area contributed by atoms with E-state index in [1.165, 1.54) is 51.4 Å². The number of unbranched alkanes of at least 4 members (excludes halogenated alkanes) is 6. The summed E-state index contributed by atoms with van der Waals surface area (Å²) in [5.41, 5.74) is 0. The van der Waals surface area contributed by atoms with Gasteiger partial charge >= 0.3 is 0 Å². The Bertz CT molecular complexity index is 250. The van der Waals surface area contributed by atoms with E-state index >= 15 is 0 Å². The van der Waals surface area contributed by atoms with Crippen molar-refractivity contribution in [1.82, 2.24) is 10.2 Å². The number of hydrogen-bond acceptors (Lipinski definition) is 2. The number of piperidine rings is 1.